The number of hydrogen-bond donors (Lipinski definition) is 1. The topological polar surface area (TPSA) is 21.3 Å². The van der Waals surface area contributed by atoms with E-state index >= 15 is 0 Å². The van der Waals surface area contributed by atoms with Gasteiger partial charge < -0.3 is 10.1 Å². The zero-order valence-electron chi connectivity index (χ0n) is 11.1. The second kappa shape index (κ2) is 5.88. The monoisotopic (exact) mass is 395 g/mol. The van der Waals surface area contributed by atoms with Gasteiger partial charge in [0.2, 0.25) is 0 Å². The maximum absolute atomic E-state index is 5.69. The molecule has 0 aliphatic carbocycles. The quantitative estimate of drug-likeness (QED) is 0.752. The van der Waals surface area contributed by atoms with Gasteiger partial charge in [0.05, 0.1) is 24.9 Å². The molecule has 0 radical (unpaired) electrons. The summed E-state index contributed by atoms with van der Waals surface area (Å²) in [6.07, 6.45) is 0. The maximum atomic E-state index is 5.69. The molecule has 1 atom stereocenters. The molecule has 104 valence electrons. The van der Waals surface area contributed by atoms with E-state index in [-0.39, 0.29) is 6.04 Å². The summed E-state index contributed by atoms with van der Waals surface area (Å²) in [5.74, 6) is 0. The summed E-state index contributed by atoms with van der Waals surface area (Å²) < 4.78 is 7.82. The molecular weight excluding hydrogens is 382 g/mol. The van der Waals surface area contributed by atoms with Crippen LogP contribution in [-0.4, -0.2) is 6.61 Å². The smallest absolute Gasteiger partial charge is 0.0752 e. The van der Waals surface area contributed by atoms with Crippen molar-refractivity contribution in [1.29, 1.82) is 0 Å². The van der Waals surface area contributed by atoms with E-state index in [0.29, 0.717) is 13.2 Å². The molecular formula is C16H15Br2NO. The minimum atomic E-state index is 0.176. The zero-order valence-corrected chi connectivity index (χ0v) is 14.3. The van der Waals surface area contributed by atoms with Gasteiger partial charge >= 0.3 is 0 Å². The molecule has 0 fully saturated rings. The highest BCUT2D eigenvalue weighted by Crippen LogP contribution is 2.36. The van der Waals surface area contributed by atoms with Gasteiger partial charge in [-0.1, -0.05) is 24.3 Å². The number of anilines is 1. The predicted molar refractivity (Wildman–Crippen MR) is 89.0 cm³/mol. The van der Waals surface area contributed by atoms with Gasteiger partial charge in [0, 0.05) is 8.95 Å². The van der Waals surface area contributed by atoms with Crippen molar-refractivity contribution in [1.82, 2.24) is 0 Å². The summed E-state index contributed by atoms with van der Waals surface area (Å²) in [4.78, 5) is 0. The Bertz CT molecular complexity index is 619. The molecule has 0 saturated carbocycles. The Balaban J connectivity index is 1.94. The molecule has 0 aromatic heterocycles. The number of halogens is 2. The van der Waals surface area contributed by atoms with Crippen molar-refractivity contribution < 1.29 is 4.74 Å². The summed E-state index contributed by atoms with van der Waals surface area (Å²) in [6, 6.07) is 12.8. The molecule has 1 heterocycles. The van der Waals surface area contributed by atoms with Crippen LogP contribution >= 0.6 is 31.9 Å². The first-order valence-electron chi connectivity index (χ1n) is 6.53. The molecule has 0 spiro atoms. The van der Waals surface area contributed by atoms with Gasteiger partial charge in [-0.25, -0.2) is 0 Å². The van der Waals surface area contributed by atoms with E-state index in [4.69, 9.17) is 4.74 Å². The summed E-state index contributed by atoms with van der Waals surface area (Å²) in [7, 11) is 0. The Labute approximate surface area is 135 Å². The van der Waals surface area contributed by atoms with Crippen molar-refractivity contribution in [2.24, 2.45) is 0 Å². The highest BCUT2D eigenvalue weighted by molar-refractivity contribution is 9.11. The fraction of sp³-hybridized carbons (Fsp3) is 0.250. The first-order valence-corrected chi connectivity index (χ1v) is 8.11. The molecule has 1 aliphatic heterocycles. The van der Waals surface area contributed by atoms with Crippen LogP contribution in [0.3, 0.4) is 0 Å². The molecule has 0 amide bonds. The summed E-state index contributed by atoms with van der Waals surface area (Å²) in [5, 5.41) is 3.58. The molecule has 1 aliphatic rings. The molecule has 1 unspecified atom stereocenters. The van der Waals surface area contributed by atoms with Crippen LogP contribution in [-0.2, 0) is 11.3 Å². The highest BCUT2D eigenvalue weighted by Gasteiger charge is 2.21. The zero-order chi connectivity index (χ0) is 14.1. The molecule has 1 N–H and O–H groups in total. The lowest BCUT2D eigenvalue weighted by atomic mass is 9.99. The lowest BCUT2D eigenvalue weighted by Crippen LogP contribution is -2.23. The Morgan fingerprint density at radius 2 is 1.85 bits per heavy atom. The number of nitrogens with one attached hydrogen (secondary N) is 1. The fourth-order valence-corrected chi connectivity index (χ4v) is 4.16. The third kappa shape index (κ3) is 2.78. The average molecular weight is 397 g/mol. The van der Waals surface area contributed by atoms with Crippen LogP contribution in [0.2, 0.25) is 0 Å². The van der Waals surface area contributed by atoms with Crippen LogP contribution in [0.15, 0.2) is 45.3 Å². The standard InChI is InChI=1S/C16H15Br2NO/c1-10-6-13(17)16(14(18)7-10)19-15-9-20-8-11-4-2-3-5-12(11)15/h2-7,15,19H,8-9H2,1H3. The molecule has 4 heteroatoms. The number of hydrogen-bond acceptors (Lipinski definition) is 2. The van der Waals surface area contributed by atoms with Crippen molar-refractivity contribution in [3.8, 4) is 0 Å². The fourth-order valence-electron chi connectivity index (χ4n) is 2.51. The van der Waals surface area contributed by atoms with E-state index < -0.39 is 0 Å². The van der Waals surface area contributed by atoms with Crippen molar-refractivity contribution in [3.05, 3.63) is 62.0 Å². The highest BCUT2D eigenvalue weighted by atomic mass is 79.9. The molecule has 2 nitrogen and oxygen atoms in total. The number of fused-ring (bicyclic) bond motifs is 1. The minimum Gasteiger partial charge on any atom is -0.374 e. The first kappa shape index (κ1) is 14.1. The number of aryl methyl sites for hydroxylation is 1. The van der Waals surface area contributed by atoms with Crippen LogP contribution in [0.5, 0.6) is 0 Å². The van der Waals surface area contributed by atoms with Crippen LogP contribution in [0.25, 0.3) is 0 Å². The van der Waals surface area contributed by atoms with Crippen LogP contribution in [0.4, 0.5) is 5.69 Å². The normalized spacial score (nSPS) is 17.6. The molecule has 0 bridgehead atoms. The molecule has 3 rings (SSSR count). The maximum Gasteiger partial charge on any atom is 0.0752 e. The van der Waals surface area contributed by atoms with Gasteiger partial charge in [-0.05, 0) is 67.6 Å². The second-order valence-corrected chi connectivity index (χ2v) is 6.72. The Hall–Kier alpha value is -0.840. The Morgan fingerprint density at radius 1 is 1.15 bits per heavy atom. The van der Waals surface area contributed by atoms with E-state index in [1.165, 1.54) is 16.7 Å². The molecule has 20 heavy (non-hydrogen) atoms. The van der Waals surface area contributed by atoms with Gasteiger partial charge in [0.1, 0.15) is 0 Å². The Kier molecular flexibility index (Phi) is 4.15. The van der Waals surface area contributed by atoms with Gasteiger partial charge in [0.25, 0.3) is 0 Å². The second-order valence-electron chi connectivity index (χ2n) is 5.01. The third-order valence-electron chi connectivity index (χ3n) is 3.48. The lowest BCUT2D eigenvalue weighted by Gasteiger charge is -2.28. The number of ether oxygens (including phenoxy) is 1. The summed E-state index contributed by atoms with van der Waals surface area (Å²) in [6.45, 7) is 3.46. The summed E-state index contributed by atoms with van der Waals surface area (Å²) >= 11 is 7.26. The Morgan fingerprint density at radius 3 is 2.60 bits per heavy atom. The number of rotatable bonds is 2. The largest absolute Gasteiger partial charge is 0.374 e. The van der Waals surface area contributed by atoms with Crippen molar-refractivity contribution in [3.63, 3.8) is 0 Å². The van der Waals surface area contributed by atoms with E-state index in [1.807, 2.05) is 0 Å². The molecule has 0 saturated heterocycles. The third-order valence-corrected chi connectivity index (χ3v) is 4.73. The lowest BCUT2D eigenvalue weighted by molar-refractivity contribution is 0.0969. The van der Waals surface area contributed by atoms with E-state index in [1.54, 1.807) is 0 Å². The van der Waals surface area contributed by atoms with E-state index in [9.17, 15) is 0 Å². The average Bonchev–Trinajstić information content (AvgIpc) is 2.43. The predicted octanol–water partition coefficient (Wildman–Crippen LogP) is 5.20. The van der Waals surface area contributed by atoms with Crippen molar-refractivity contribution >= 4 is 37.5 Å². The van der Waals surface area contributed by atoms with Crippen LogP contribution < -0.4 is 5.32 Å². The SMILES string of the molecule is Cc1cc(Br)c(NC2COCc3ccccc32)c(Br)c1. The number of benzene rings is 2. The van der Waals surface area contributed by atoms with E-state index in [2.05, 4.69) is 80.5 Å². The first-order chi connectivity index (χ1) is 9.65. The van der Waals surface area contributed by atoms with E-state index in [0.717, 1.165) is 14.6 Å². The van der Waals surface area contributed by atoms with Gasteiger partial charge in [0.15, 0.2) is 0 Å². The van der Waals surface area contributed by atoms with Gasteiger partial charge in [-0.2, -0.15) is 0 Å². The minimum absolute atomic E-state index is 0.176. The van der Waals surface area contributed by atoms with Gasteiger partial charge in [-0.3, -0.25) is 0 Å². The molecule has 2 aromatic carbocycles. The van der Waals surface area contributed by atoms with Crippen LogP contribution in [0, 0.1) is 6.92 Å². The van der Waals surface area contributed by atoms with Gasteiger partial charge in [-0.15, -0.1) is 0 Å². The van der Waals surface area contributed by atoms with Crippen LogP contribution in [0.1, 0.15) is 22.7 Å². The summed E-state index contributed by atoms with van der Waals surface area (Å²) in [5.41, 5.74) is 4.87. The van der Waals surface area contributed by atoms with Crippen molar-refractivity contribution in [2.45, 2.75) is 19.6 Å². The molecule has 2 aromatic rings. The van der Waals surface area contributed by atoms with Crippen molar-refractivity contribution in [2.75, 3.05) is 11.9 Å².